The first kappa shape index (κ1) is 23.3. The van der Waals surface area contributed by atoms with Crippen LogP contribution >= 0.6 is 0 Å². The fourth-order valence-corrected chi connectivity index (χ4v) is 4.50. The molecule has 0 bridgehead atoms. The molecule has 3 aromatic rings. The molecule has 2 aliphatic rings. The summed E-state index contributed by atoms with van der Waals surface area (Å²) in [5.74, 6) is 0.589. The smallest absolute Gasteiger partial charge is 0.475 e. The fourth-order valence-electron chi connectivity index (χ4n) is 4.50. The summed E-state index contributed by atoms with van der Waals surface area (Å²) in [6.45, 7) is 13.0. The molecule has 180 valence electrons. The summed E-state index contributed by atoms with van der Waals surface area (Å²) >= 11 is 0. The van der Waals surface area contributed by atoms with Crippen LogP contribution in [0.15, 0.2) is 36.5 Å². The van der Waals surface area contributed by atoms with Gasteiger partial charge in [-0.15, -0.1) is 0 Å². The summed E-state index contributed by atoms with van der Waals surface area (Å²) in [6, 6.07) is 10.3. The standard InChI is InChI=1S/C26H34BN3O4/c1-17(2)32-22-15-18(12-13-28-22)24-20-16-19(27-33-25(3,4)26(5,6)34-27)10-11-21(20)30(29-24)23-9-7-8-14-31-23/h10-13,15-17,23H,7-9,14H2,1-6H3. The van der Waals surface area contributed by atoms with Crippen LogP contribution in [0.2, 0.25) is 0 Å². The van der Waals surface area contributed by atoms with Crippen molar-refractivity contribution in [3.63, 3.8) is 0 Å². The van der Waals surface area contributed by atoms with E-state index in [0.717, 1.165) is 53.5 Å². The number of hydrogen-bond donors (Lipinski definition) is 0. The number of ether oxygens (including phenoxy) is 2. The van der Waals surface area contributed by atoms with Crippen molar-refractivity contribution < 1.29 is 18.8 Å². The molecular weight excluding hydrogens is 429 g/mol. The quantitative estimate of drug-likeness (QED) is 0.503. The second kappa shape index (κ2) is 8.66. The molecule has 7 nitrogen and oxygen atoms in total. The Morgan fingerprint density at radius 2 is 1.82 bits per heavy atom. The highest BCUT2D eigenvalue weighted by Crippen LogP contribution is 2.38. The van der Waals surface area contributed by atoms with Crippen molar-refractivity contribution >= 4 is 23.5 Å². The monoisotopic (exact) mass is 463 g/mol. The van der Waals surface area contributed by atoms with Gasteiger partial charge in [-0.2, -0.15) is 5.10 Å². The van der Waals surface area contributed by atoms with Gasteiger partial charge in [0.1, 0.15) is 5.69 Å². The summed E-state index contributed by atoms with van der Waals surface area (Å²) in [4.78, 5) is 4.37. The Morgan fingerprint density at radius 1 is 1.06 bits per heavy atom. The molecule has 2 aliphatic heterocycles. The number of hydrogen-bond acceptors (Lipinski definition) is 6. The zero-order chi connectivity index (χ0) is 24.1. The summed E-state index contributed by atoms with van der Waals surface area (Å²) in [6.07, 6.45) is 4.92. The second-order valence-electron chi connectivity index (χ2n) is 10.5. The van der Waals surface area contributed by atoms with Gasteiger partial charge in [-0.25, -0.2) is 9.67 Å². The minimum absolute atomic E-state index is 0.0441. The number of nitrogens with zero attached hydrogens (tertiary/aromatic N) is 3. The maximum absolute atomic E-state index is 6.33. The van der Waals surface area contributed by atoms with Crippen molar-refractivity contribution in [3.8, 4) is 17.1 Å². The molecule has 1 aromatic carbocycles. The van der Waals surface area contributed by atoms with Crippen LogP contribution in [-0.2, 0) is 14.0 Å². The Bertz CT molecular complexity index is 1170. The van der Waals surface area contributed by atoms with Crippen molar-refractivity contribution in [3.05, 3.63) is 36.5 Å². The van der Waals surface area contributed by atoms with E-state index in [2.05, 4.69) is 50.9 Å². The average Bonchev–Trinajstić information content (AvgIpc) is 3.27. The number of fused-ring (bicyclic) bond motifs is 1. The zero-order valence-corrected chi connectivity index (χ0v) is 21.0. The molecule has 34 heavy (non-hydrogen) atoms. The van der Waals surface area contributed by atoms with Crippen LogP contribution in [0.1, 0.15) is 67.0 Å². The van der Waals surface area contributed by atoms with E-state index in [1.807, 2.05) is 30.7 Å². The molecule has 0 spiro atoms. The third kappa shape index (κ3) is 4.23. The summed E-state index contributed by atoms with van der Waals surface area (Å²) in [5.41, 5.74) is 3.04. The Hall–Kier alpha value is -2.42. The highest BCUT2D eigenvalue weighted by atomic mass is 16.7. The summed E-state index contributed by atoms with van der Waals surface area (Å²) in [7, 11) is -0.436. The van der Waals surface area contributed by atoms with Gasteiger partial charge in [0, 0.05) is 29.8 Å². The van der Waals surface area contributed by atoms with Crippen molar-refractivity contribution in [1.29, 1.82) is 0 Å². The molecule has 0 amide bonds. The zero-order valence-electron chi connectivity index (χ0n) is 21.0. The predicted molar refractivity (Wildman–Crippen MR) is 133 cm³/mol. The maximum Gasteiger partial charge on any atom is 0.494 e. The lowest BCUT2D eigenvalue weighted by Crippen LogP contribution is -2.41. The molecule has 2 fully saturated rings. The molecular formula is C26H34BN3O4. The molecule has 2 aromatic heterocycles. The first-order chi connectivity index (χ1) is 16.1. The second-order valence-corrected chi connectivity index (χ2v) is 10.5. The van der Waals surface area contributed by atoms with Crippen LogP contribution in [0.25, 0.3) is 22.2 Å². The number of rotatable bonds is 5. The molecule has 0 aliphatic carbocycles. The third-order valence-electron chi connectivity index (χ3n) is 7.05. The molecule has 2 saturated heterocycles. The maximum atomic E-state index is 6.33. The van der Waals surface area contributed by atoms with Gasteiger partial charge < -0.3 is 18.8 Å². The lowest BCUT2D eigenvalue weighted by Gasteiger charge is -2.32. The fraction of sp³-hybridized carbons (Fsp3) is 0.538. The van der Waals surface area contributed by atoms with E-state index in [0.29, 0.717) is 5.88 Å². The van der Waals surface area contributed by atoms with Gasteiger partial charge in [-0.3, -0.25) is 0 Å². The third-order valence-corrected chi connectivity index (χ3v) is 7.05. The molecule has 1 unspecified atom stereocenters. The first-order valence-corrected chi connectivity index (χ1v) is 12.3. The van der Waals surface area contributed by atoms with E-state index < -0.39 is 18.3 Å². The molecule has 0 saturated carbocycles. The lowest BCUT2D eigenvalue weighted by atomic mass is 9.78. The van der Waals surface area contributed by atoms with E-state index >= 15 is 0 Å². The van der Waals surface area contributed by atoms with Crippen LogP contribution in [0.3, 0.4) is 0 Å². The van der Waals surface area contributed by atoms with Gasteiger partial charge in [0.05, 0.1) is 22.8 Å². The summed E-state index contributed by atoms with van der Waals surface area (Å²) < 4.78 is 26.6. The SMILES string of the molecule is CC(C)Oc1cc(-c2nn(C3CCCCO3)c3ccc(B4OC(C)(C)C(C)(C)O4)cc23)ccn1. The Morgan fingerprint density at radius 3 is 2.50 bits per heavy atom. The lowest BCUT2D eigenvalue weighted by molar-refractivity contribution is -0.0365. The van der Waals surface area contributed by atoms with Crippen LogP contribution in [0, 0.1) is 0 Å². The van der Waals surface area contributed by atoms with Gasteiger partial charge >= 0.3 is 7.12 Å². The normalized spacial score (nSPS) is 22.0. The van der Waals surface area contributed by atoms with Gasteiger partial charge in [-0.1, -0.05) is 12.1 Å². The van der Waals surface area contributed by atoms with E-state index in [9.17, 15) is 0 Å². The van der Waals surface area contributed by atoms with Gasteiger partial charge in [-0.05, 0) is 78.4 Å². The molecule has 8 heteroatoms. The minimum atomic E-state index is -0.436. The number of benzene rings is 1. The minimum Gasteiger partial charge on any atom is -0.475 e. The Labute approximate surface area is 201 Å². The van der Waals surface area contributed by atoms with Crippen molar-refractivity contribution in [2.24, 2.45) is 0 Å². The van der Waals surface area contributed by atoms with Crippen molar-refractivity contribution in [2.75, 3.05) is 6.61 Å². The van der Waals surface area contributed by atoms with Crippen LogP contribution in [0.5, 0.6) is 5.88 Å². The van der Waals surface area contributed by atoms with Gasteiger partial charge in [0.15, 0.2) is 6.23 Å². The highest BCUT2D eigenvalue weighted by Gasteiger charge is 2.51. The van der Waals surface area contributed by atoms with Crippen molar-refractivity contribution in [2.45, 2.75) is 84.3 Å². The molecule has 5 rings (SSSR count). The topological polar surface area (TPSA) is 67.6 Å². The van der Waals surface area contributed by atoms with E-state index in [1.165, 1.54) is 0 Å². The van der Waals surface area contributed by atoms with E-state index in [1.54, 1.807) is 6.20 Å². The van der Waals surface area contributed by atoms with Crippen molar-refractivity contribution in [1.82, 2.24) is 14.8 Å². The van der Waals surface area contributed by atoms with E-state index in [-0.39, 0.29) is 12.3 Å². The van der Waals surface area contributed by atoms with Crippen LogP contribution in [0.4, 0.5) is 0 Å². The van der Waals surface area contributed by atoms with Crippen LogP contribution < -0.4 is 10.2 Å². The van der Waals surface area contributed by atoms with Gasteiger partial charge in [0.2, 0.25) is 5.88 Å². The van der Waals surface area contributed by atoms with Gasteiger partial charge in [0.25, 0.3) is 0 Å². The van der Waals surface area contributed by atoms with E-state index in [4.69, 9.17) is 23.9 Å². The molecule has 4 heterocycles. The number of pyridine rings is 1. The molecule has 0 N–H and O–H groups in total. The number of aromatic nitrogens is 3. The average molecular weight is 463 g/mol. The first-order valence-electron chi connectivity index (χ1n) is 12.3. The van der Waals surface area contributed by atoms with Crippen LogP contribution in [-0.4, -0.2) is 45.8 Å². The Kier molecular flexibility index (Phi) is 5.95. The predicted octanol–water partition coefficient (Wildman–Crippen LogP) is 4.88. The molecule has 0 radical (unpaired) electrons. The largest absolute Gasteiger partial charge is 0.494 e. The molecule has 1 atom stereocenters. The Balaban J connectivity index is 1.61. The summed E-state index contributed by atoms with van der Waals surface area (Å²) in [5, 5.41) is 6.09. The highest BCUT2D eigenvalue weighted by molar-refractivity contribution is 6.62.